The van der Waals surface area contributed by atoms with E-state index in [9.17, 15) is 9.90 Å². The first-order chi connectivity index (χ1) is 10.0. The Balaban J connectivity index is 2.88. The van der Waals surface area contributed by atoms with Crippen molar-refractivity contribution < 1.29 is 9.90 Å². The SMILES string of the molecule is CCCn1c(C)c(CCN)c2cc(CC)cc(C(=O)O)c21. The number of benzene rings is 1. The van der Waals surface area contributed by atoms with Gasteiger partial charge in [0.15, 0.2) is 0 Å². The van der Waals surface area contributed by atoms with E-state index in [0.29, 0.717) is 12.1 Å². The average Bonchev–Trinajstić information content (AvgIpc) is 2.72. The largest absolute Gasteiger partial charge is 0.478 e. The lowest BCUT2D eigenvalue weighted by Crippen LogP contribution is -2.06. The molecular weight excluding hydrogens is 264 g/mol. The summed E-state index contributed by atoms with van der Waals surface area (Å²) in [6.45, 7) is 7.63. The van der Waals surface area contributed by atoms with Crippen LogP contribution in [0.4, 0.5) is 0 Å². The summed E-state index contributed by atoms with van der Waals surface area (Å²) in [6.07, 6.45) is 2.59. The number of aromatic carboxylic acids is 1. The van der Waals surface area contributed by atoms with Gasteiger partial charge in [0.2, 0.25) is 0 Å². The van der Waals surface area contributed by atoms with E-state index in [1.165, 1.54) is 5.56 Å². The number of fused-ring (bicyclic) bond motifs is 1. The van der Waals surface area contributed by atoms with Crippen molar-refractivity contribution in [2.45, 2.75) is 46.6 Å². The highest BCUT2D eigenvalue weighted by atomic mass is 16.4. The first kappa shape index (κ1) is 15.6. The molecule has 0 spiro atoms. The van der Waals surface area contributed by atoms with Gasteiger partial charge in [-0.2, -0.15) is 0 Å². The van der Waals surface area contributed by atoms with Crippen LogP contribution in [0.25, 0.3) is 10.9 Å². The molecule has 3 N–H and O–H groups in total. The Morgan fingerprint density at radius 1 is 1.33 bits per heavy atom. The lowest BCUT2D eigenvalue weighted by atomic mass is 10.0. The van der Waals surface area contributed by atoms with Gasteiger partial charge < -0.3 is 15.4 Å². The minimum absolute atomic E-state index is 0.407. The number of carbonyl (C=O) groups is 1. The van der Waals surface area contributed by atoms with Crippen LogP contribution in [0.3, 0.4) is 0 Å². The number of nitrogens with zero attached hydrogens (tertiary/aromatic N) is 1. The monoisotopic (exact) mass is 288 g/mol. The van der Waals surface area contributed by atoms with E-state index in [-0.39, 0.29) is 0 Å². The van der Waals surface area contributed by atoms with Crippen LogP contribution in [-0.2, 0) is 19.4 Å². The summed E-state index contributed by atoms with van der Waals surface area (Å²) in [4.78, 5) is 11.7. The maximum absolute atomic E-state index is 11.7. The van der Waals surface area contributed by atoms with Crippen LogP contribution in [0.2, 0.25) is 0 Å². The molecule has 4 nitrogen and oxygen atoms in total. The van der Waals surface area contributed by atoms with Gasteiger partial charge in [-0.1, -0.05) is 13.8 Å². The van der Waals surface area contributed by atoms with E-state index in [0.717, 1.165) is 48.0 Å². The van der Waals surface area contributed by atoms with Gasteiger partial charge in [-0.3, -0.25) is 0 Å². The molecule has 0 atom stereocenters. The van der Waals surface area contributed by atoms with Gasteiger partial charge in [-0.05, 0) is 56.0 Å². The zero-order valence-corrected chi connectivity index (χ0v) is 13.1. The van der Waals surface area contributed by atoms with Crippen molar-refractivity contribution in [1.82, 2.24) is 4.57 Å². The number of hydrogen-bond donors (Lipinski definition) is 2. The fourth-order valence-electron chi connectivity index (χ4n) is 3.07. The zero-order chi connectivity index (χ0) is 15.6. The Morgan fingerprint density at radius 3 is 2.57 bits per heavy atom. The van der Waals surface area contributed by atoms with Gasteiger partial charge in [-0.15, -0.1) is 0 Å². The Morgan fingerprint density at radius 2 is 2.05 bits per heavy atom. The van der Waals surface area contributed by atoms with Gasteiger partial charge in [-0.25, -0.2) is 4.79 Å². The second kappa shape index (κ2) is 6.31. The van der Waals surface area contributed by atoms with E-state index in [2.05, 4.69) is 24.5 Å². The van der Waals surface area contributed by atoms with E-state index < -0.39 is 5.97 Å². The molecule has 0 unspecified atom stereocenters. The minimum Gasteiger partial charge on any atom is -0.478 e. The van der Waals surface area contributed by atoms with Crippen LogP contribution < -0.4 is 5.73 Å². The molecular formula is C17H24N2O2. The van der Waals surface area contributed by atoms with Crippen molar-refractivity contribution in [3.63, 3.8) is 0 Å². The quantitative estimate of drug-likeness (QED) is 0.858. The summed E-state index contributed by atoms with van der Waals surface area (Å²) in [5.74, 6) is -0.857. The van der Waals surface area contributed by atoms with E-state index >= 15 is 0 Å². The molecule has 0 aliphatic carbocycles. The molecule has 0 aliphatic heterocycles. The van der Waals surface area contributed by atoms with E-state index in [1.807, 2.05) is 13.0 Å². The lowest BCUT2D eigenvalue weighted by Gasteiger charge is -2.09. The van der Waals surface area contributed by atoms with E-state index in [1.54, 1.807) is 0 Å². The van der Waals surface area contributed by atoms with Gasteiger partial charge in [0.05, 0.1) is 11.1 Å². The van der Waals surface area contributed by atoms with Crippen LogP contribution >= 0.6 is 0 Å². The van der Waals surface area contributed by atoms with Crippen molar-refractivity contribution in [2.75, 3.05) is 6.54 Å². The molecule has 0 saturated heterocycles. The summed E-state index contributed by atoms with van der Waals surface area (Å²) < 4.78 is 2.14. The number of aryl methyl sites for hydroxylation is 2. The number of rotatable bonds is 6. The van der Waals surface area contributed by atoms with Crippen molar-refractivity contribution in [1.29, 1.82) is 0 Å². The third-order valence-electron chi connectivity index (χ3n) is 4.09. The number of carboxylic acid groups (broad SMARTS) is 1. The zero-order valence-electron chi connectivity index (χ0n) is 13.1. The fourth-order valence-corrected chi connectivity index (χ4v) is 3.07. The van der Waals surface area contributed by atoms with Crippen LogP contribution in [-0.4, -0.2) is 22.2 Å². The molecule has 4 heteroatoms. The molecule has 1 heterocycles. The maximum atomic E-state index is 11.7. The average molecular weight is 288 g/mol. The topological polar surface area (TPSA) is 68.2 Å². The Hall–Kier alpha value is -1.81. The lowest BCUT2D eigenvalue weighted by molar-refractivity contribution is 0.0698. The third kappa shape index (κ3) is 2.68. The molecule has 2 rings (SSSR count). The van der Waals surface area contributed by atoms with Crippen LogP contribution in [0.5, 0.6) is 0 Å². The van der Waals surface area contributed by atoms with Crippen LogP contribution in [0, 0.1) is 6.92 Å². The summed E-state index contributed by atoms with van der Waals surface area (Å²) in [7, 11) is 0. The third-order valence-corrected chi connectivity index (χ3v) is 4.09. The molecule has 1 aromatic heterocycles. The van der Waals surface area contributed by atoms with Crippen LogP contribution in [0.1, 0.15) is 47.4 Å². The molecule has 1 aromatic carbocycles. The highest BCUT2D eigenvalue weighted by Gasteiger charge is 2.20. The molecule has 21 heavy (non-hydrogen) atoms. The highest BCUT2D eigenvalue weighted by molar-refractivity contribution is 6.04. The molecule has 0 aliphatic rings. The number of aromatic nitrogens is 1. The maximum Gasteiger partial charge on any atom is 0.337 e. The normalized spacial score (nSPS) is 11.2. The molecule has 114 valence electrons. The predicted molar refractivity (Wildman–Crippen MR) is 86.1 cm³/mol. The second-order valence-electron chi connectivity index (χ2n) is 5.45. The summed E-state index contributed by atoms with van der Waals surface area (Å²) in [6, 6.07) is 3.94. The Labute approximate surface area is 125 Å². The van der Waals surface area contributed by atoms with E-state index in [4.69, 9.17) is 5.73 Å². The van der Waals surface area contributed by atoms with Crippen molar-refractivity contribution >= 4 is 16.9 Å². The first-order valence-corrected chi connectivity index (χ1v) is 7.63. The fraction of sp³-hybridized carbons (Fsp3) is 0.471. The van der Waals surface area contributed by atoms with Gasteiger partial charge >= 0.3 is 5.97 Å². The van der Waals surface area contributed by atoms with Gasteiger partial charge in [0.25, 0.3) is 0 Å². The van der Waals surface area contributed by atoms with Crippen molar-refractivity contribution in [3.8, 4) is 0 Å². The second-order valence-corrected chi connectivity index (χ2v) is 5.45. The molecule has 0 radical (unpaired) electrons. The van der Waals surface area contributed by atoms with Crippen molar-refractivity contribution in [2.24, 2.45) is 5.73 Å². The minimum atomic E-state index is -0.857. The Bertz CT molecular complexity index is 671. The highest BCUT2D eigenvalue weighted by Crippen LogP contribution is 2.31. The number of carboxylic acids is 1. The summed E-state index contributed by atoms with van der Waals surface area (Å²) in [5, 5.41) is 10.6. The molecule has 0 fully saturated rings. The summed E-state index contributed by atoms with van der Waals surface area (Å²) >= 11 is 0. The summed E-state index contributed by atoms with van der Waals surface area (Å²) in [5.41, 5.74) is 10.4. The number of hydrogen-bond acceptors (Lipinski definition) is 2. The first-order valence-electron chi connectivity index (χ1n) is 7.63. The van der Waals surface area contributed by atoms with Crippen LogP contribution in [0.15, 0.2) is 12.1 Å². The molecule has 0 amide bonds. The Kier molecular flexibility index (Phi) is 4.68. The number of nitrogens with two attached hydrogens (primary N) is 1. The van der Waals surface area contributed by atoms with Gasteiger partial charge in [0, 0.05) is 17.6 Å². The molecule has 0 bridgehead atoms. The standard InChI is InChI=1S/C17H24N2O2/c1-4-8-19-11(3)13(6-7-18)14-9-12(5-2)10-15(16(14)19)17(20)21/h9-10H,4-8,18H2,1-3H3,(H,20,21). The van der Waals surface area contributed by atoms with Crippen molar-refractivity contribution in [3.05, 3.63) is 34.5 Å². The molecule has 0 saturated carbocycles. The van der Waals surface area contributed by atoms with Gasteiger partial charge in [0.1, 0.15) is 0 Å². The molecule has 2 aromatic rings. The predicted octanol–water partition coefficient (Wildman–Crippen LogP) is 3.12. The smallest absolute Gasteiger partial charge is 0.337 e.